The van der Waals surface area contributed by atoms with Crippen molar-refractivity contribution >= 4 is 7.12 Å². The second-order valence-corrected chi connectivity index (χ2v) is 6.04. The van der Waals surface area contributed by atoms with Gasteiger partial charge in [0, 0.05) is 0 Å². The molecule has 2 bridgehead atoms. The zero-order valence-corrected chi connectivity index (χ0v) is 9.54. The first kappa shape index (κ1) is 9.23. The summed E-state index contributed by atoms with van der Waals surface area (Å²) in [4.78, 5) is 0. The Kier molecular flexibility index (Phi) is 1.57. The Hall–Kier alpha value is -0.0151. The van der Waals surface area contributed by atoms with Crippen molar-refractivity contribution in [3.63, 3.8) is 0 Å². The molecule has 1 aliphatic heterocycles. The highest BCUT2D eigenvalue weighted by Crippen LogP contribution is 2.65. The van der Waals surface area contributed by atoms with Crippen LogP contribution in [-0.2, 0) is 9.31 Å². The molecule has 3 aliphatic carbocycles. The molecule has 0 radical (unpaired) electrons. The third-order valence-corrected chi connectivity index (χ3v) is 5.08. The summed E-state index contributed by atoms with van der Waals surface area (Å²) in [6.45, 7) is 9.05. The van der Waals surface area contributed by atoms with Gasteiger partial charge < -0.3 is 9.31 Å². The van der Waals surface area contributed by atoms with Gasteiger partial charge in [0.25, 0.3) is 0 Å². The standard InChI is InChI=1S/C11H19BO2/c1-10(2)7-5-8(10)11(3)9(6-7)13-12(4)14-11/h7-9H,5-6H2,1-4H3/t7-,8-,9+,11-/m1/s1. The Morgan fingerprint density at radius 3 is 2.57 bits per heavy atom. The third-order valence-electron chi connectivity index (χ3n) is 5.08. The van der Waals surface area contributed by atoms with E-state index in [2.05, 4.69) is 20.8 Å². The van der Waals surface area contributed by atoms with E-state index in [1.807, 2.05) is 6.82 Å². The molecular weight excluding hydrogens is 175 g/mol. The highest BCUT2D eigenvalue weighted by Gasteiger charge is 2.67. The number of hydrogen-bond acceptors (Lipinski definition) is 2. The predicted octanol–water partition coefficient (Wildman–Crippen LogP) is 2.34. The minimum Gasteiger partial charge on any atom is -0.406 e. The molecule has 4 rings (SSSR count). The Morgan fingerprint density at radius 1 is 1.21 bits per heavy atom. The molecule has 1 heterocycles. The molecule has 4 fully saturated rings. The fourth-order valence-electron chi connectivity index (χ4n) is 4.07. The van der Waals surface area contributed by atoms with Gasteiger partial charge >= 0.3 is 7.12 Å². The van der Waals surface area contributed by atoms with Crippen LogP contribution in [-0.4, -0.2) is 18.8 Å². The molecular formula is C11H19BO2. The summed E-state index contributed by atoms with van der Waals surface area (Å²) in [7, 11) is 0.000139. The summed E-state index contributed by atoms with van der Waals surface area (Å²) in [5.74, 6) is 1.56. The van der Waals surface area contributed by atoms with Crippen LogP contribution < -0.4 is 0 Å². The highest BCUT2D eigenvalue weighted by molar-refractivity contribution is 6.43. The van der Waals surface area contributed by atoms with Gasteiger partial charge in [-0.15, -0.1) is 0 Å². The van der Waals surface area contributed by atoms with E-state index in [9.17, 15) is 0 Å². The monoisotopic (exact) mass is 194 g/mol. The molecule has 2 nitrogen and oxygen atoms in total. The lowest BCUT2D eigenvalue weighted by Gasteiger charge is -2.64. The van der Waals surface area contributed by atoms with Crippen molar-refractivity contribution < 1.29 is 9.31 Å². The van der Waals surface area contributed by atoms with Crippen LogP contribution in [0.3, 0.4) is 0 Å². The van der Waals surface area contributed by atoms with E-state index in [1.165, 1.54) is 12.8 Å². The zero-order valence-electron chi connectivity index (χ0n) is 9.54. The minimum atomic E-state index is -0.00231. The molecule has 0 aromatic rings. The van der Waals surface area contributed by atoms with Crippen molar-refractivity contribution in [3.05, 3.63) is 0 Å². The first-order valence-electron chi connectivity index (χ1n) is 5.78. The molecule has 14 heavy (non-hydrogen) atoms. The Labute approximate surface area is 86.5 Å². The lowest BCUT2D eigenvalue weighted by molar-refractivity contribution is -0.199. The van der Waals surface area contributed by atoms with Crippen molar-refractivity contribution in [2.45, 2.75) is 52.1 Å². The molecule has 78 valence electrons. The molecule has 3 heteroatoms. The molecule has 0 amide bonds. The van der Waals surface area contributed by atoms with Gasteiger partial charge in [0.2, 0.25) is 0 Å². The van der Waals surface area contributed by atoms with E-state index in [0.29, 0.717) is 17.4 Å². The Bertz CT molecular complexity index is 278. The molecule has 1 saturated heterocycles. The van der Waals surface area contributed by atoms with Crippen LogP contribution in [0.15, 0.2) is 0 Å². The average Bonchev–Trinajstić information content (AvgIpc) is 2.37. The predicted molar refractivity (Wildman–Crippen MR) is 56.0 cm³/mol. The maximum absolute atomic E-state index is 6.02. The van der Waals surface area contributed by atoms with E-state index >= 15 is 0 Å². The molecule has 0 N–H and O–H groups in total. The maximum Gasteiger partial charge on any atom is 0.454 e. The highest BCUT2D eigenvalue weighted by atomic mass is 16.7. The molecule has 3 saturated carbocycles. The minimum absolute atomic E-state index is 0.000139. The normalized spacial score (nSPS) is 54.0. The van der Waals surface area contributed by atoms with Gasteiger partial charge in [-0.25, -0.2) is 0 Å². The lowest BCUT2D eigenvalue weighted by atomic mass is 9.43. The van der Waals surface area contributed by atoms with Gasteiger partial charge in [-0.1, -0.05) is 13.8 Å². The van der Waals surface area contributed by atoms with Crippen LogP contribution in [0.2, 0.25) is 6.82 Å². The number of hydrogen-bond donors (Lipinski definition) is 0. The summed E-state index contributed by atoms with van der Waals surface area (Å²) in [5.41, 5.74) is 0.469. The topological polar surface area (TPSA) is 18.5 Å². The summed E-state index contributed by atoms with van der Waals surface area (Å²) < 4.78 is 11.9. The van der Waals surface area contributed by atoms with E-state index in [4.69, 9.17) is 9.31 Å². The van der Waals surface area contributed by atoms with Gasteiger partial charge in [0.15, 0.2) is 0 Å². The second kappa shape index (κ2) is 2.38. The quantitative estimate of drug-likeness (QED) is 0.551. The molecule has 0 unspecified atom stereocenters. The Balaban J connectivity index is 1.95. The van der Waals surface area contributed by atoms with Crippen molar-refractivity contribution in [1.82, 2.24) is 0 Å². The van der Waals surface area contributed by atoms with E-state index < -0.39 is 0 Å². The fraction of sp³-hybridized carbons (Fsp3) is 1.00. The van der Waals surface area contributed by atoms with E-state index in [1.54, 1.807) is 0 Å². The van der Waals surface area contributed by atoms with Gasteiger partial charge in [0.1, 0.15) is 0 Å². The van der Waals surface area contributed by atoms with Gasteiger partial charge in [0.05, 0.1) is 11.7 Å². The molecule has 4 atom stereocenters. The van der Waals surface area contributed by atoms with Crippen molar-refractivity contribution in [2.75, 3.05) is 0 Å². The van der Waals surface area contributed by atoms with Gasteiger partial charge in [-0.05, 0) is 43.8 Å². The number of rotatable bonds is 0. The summed E-state index contributed by atoms with van der Waals surface area (Å²) >= 11 is 0. The first-order valence-corrected chi connectivity index (χ1v) is 5.78. The van der Waals surface area contributed by atoms with Gasteiger partial charge in [-0.3, -0.25) is 0 Å². The lowest BCUT2D eigenvalue weighted by Crippen LogP contribution is -2.65. The molecule has 0 aromatic carbocycles. The van der Waals surface area contributed by atoms with E-state index in [-0.39, 0.29) is 12.7 Å². The largest absolute Gasteiger partial charge is 0.454 e. The van der Waals surface area contributed by atoms with Gasteiger partial charge in [-0.2, -0.15) is 0 Å². The van der Waals surface area contributed by atoms with Crippen LogP contribution in [0.5, 0.6) is 0 Å². The zero-order chi connectivity index (χ0) is 10.1. The summed E-state index contributed by atoms with van der Waals surface area (Å²) in [5, 5.41) is 0. The SMILES string of the molecule is CB1O[C@H]2C[C@H]3C[C@H](C3(C)C)[C@@]2(C)O1. The third kappa shape index (κ3) is 0.861. The van der Waals surface area contributed by atoms with Crippen molar-refractivity contribution in [1.29, 1.82) is 0 Å². The Morgan fingerprint density at radius 2 is 1.93 bits per heavy atom. The maximum atomic E-state index is 6.02. The average molecular weight is 194 g/mol. The first-order chi connectivity index (χ1) is 6.44. The van der Waals surface area contributed by atoms with Crippen LogP contribution in [0, 0.1) is 17.3 Å². The van der Waals surface area contributed by atoms with E-state index in [0.717, 1.165) is 5.92 Å². The van der Waals surface area contributed by atoms with Crippen LogP contribution in [0.25, 0.3) is 0 Å². The fourth-order valence-corrected chi connectivity index (χ4v) is 4.07. The smallest absolute Gasteiger partial charge is 0.406 e. The van der Waals surface area contributed by atoms with Crippen LogP contribution in [0.1, 0.15) is 33.6 Å². The summed E-state index contributed by atoms with van der Waals surface area (Å²) in [6.07, 6.45) is 2.90. The summed E-state index contributed by atoms with van der Waals surface area (Å²) in [6, 6.07) is 0. The van der Waals surface area contributed by atoms with Crippen LogP contribution >= 0.6 is 0 Å². The molecule has 0 aromatic heterocycles. The molecule has 4 aliphatic rings. The van der Waals surface area contributed by atoms with Crippen molar-refractivity contribution in [3.8, 4) is 0 Å². The van der Waals surface area contributed by atoms with Crippen LogP contribution in [0.4, 0.5) is 0 Å². The van der Waals surface area contributed by atoms with Crippen molar-refractivity contribution in [2.24, 2.45) is 17.3 Å². The second-order valence-electron chi connectivity index (χ2n) is 6.04. The molecule has 0 spiro atoms.